The molecule has 0 amide bonds. The van der Waals surface area contributed by atoms with Crippen molar-refractivity contribution in [2.45, 2.75) is 6.54 Å². The van der Waals surface area contributed by atoms with Crippen molar-refractivity contribution in [2.24, 2.45) is 0 Å². The van der Waals surface area contributed by atoms with Gasteiger partial charge in [0, 0.05) is 21.6 Å². The number of nitrogens with zero attached hydrogens (tertiary/aromatic N) is 1. The monoisotopic (exact) mass is 313 g/mol. The first-order chi connectivity index (χ1) is 8.06. The highest BCUT2D eigenvalue weighted by molar-refractivity contribution is 9.10. The minimum absolute atomic E-state index is 0.113. The second-order valence-corrected chi connectivity index (χ2v) is 5.47. The van der Waals surface area contributed by atoms with E-state index in [0.717, 1.165) is 9.35 Å². The van der Waals surface area contributed by atoms with Crippen molar-refractivity contribution in [3.8, 4) is 0 Å². The summed E-state index contributed by atoms with van der Waals surface area (Å²) in [7, 11) is 0. The fourth-order valence-corrected chi connectivity index (χ4v) is 2.60. The molecule has 88 valence electrons. The van der Waals surface area contributed by atoms with Gasteiger partial charge in [0.2, 0.25) is 0 Å². The van der Waals surface area contributed by atoms with Gasteiger partial charge < -0.3 is 9.67 Å². The molecule has 0 atom stereocenters. The zero-order valence-corrected chi connectivity index (χ0v) is 11.0. The maximum Gasteiger partial charge on any atom is 0.345 e. The zero-order chi connectivity index (χ0) is 12.4. The van der Waals surface area contributed by atoms with Gasteiger partial charge in [-0.25, -0.2) is 4.79 Å². The summed E-state index contributed by atoms with van der Waals surface area (Å²) >= 11 is 4.46. The maximum atomic E-state index is 11.5. The fourth-order valence-electron chi connectivity index (χ4n) is 1.37. The predicted molar refractivity (Wildman–Crippen MR) is 68.8 cm³/mol. The average Bonchev–Trinajstić information content (AvgIpc) is 2.72. The molecule has 0 aromatic carbocycles. The number of hydrogen-bond acceptors (Lipinski definition) is 3. The van der Waals surface area contributed by atoms with Crippen molar-refractivity contribution in [3.05, 3.63) is 55.0 Å². The molecule has 1 N–H and O–H groups in total. The second-order valence-electron chi connectivity index (χ2n) is 3.38. The Bertz CT molecular complexity index is 617. The first-order valence-electron chi connectivity index (χ1n) is 4.74. The van der Waals surface area contributed by atoms with Crippen molar-refractivity contribution in [2.75, 3.05) is 0 Å². The van der Waals surface area contributed by atoms with E-state index in [2.05, 4.69) is 15.9 Å². The van der Waals surface area contributed by atoms with Crippen LogP contribution in [0.4, 0.5) is 0 Å². The van der Waals surface area contributed by atoms with Crippen LogP contribution in [-0.4, -0.2) is 15.6 Å². The lowest BCUT2D eigenvalue weighted by Gasteiger charge is -2.03. The number of carbonyl (C=O) groups is 1. The summed E-state index contributed by atoms with van der Waals surface area (Å²) in [5, 5.41) is 8.80. The Balaban J connectivity index is 2.28. The van der Waals surface area contributed by atoms with Gasteiger partial charge in [-0.2, -0.15) is 0 Å². The number of carboxylic acid groups (broad SMARTS) is 1. The van der Waals surface area contributed by atoms with Gasteiger partial charge in [-0.3, -0.25) is 4.79 Å². The van der Waals surface area contributed by atoms with E-state index in [1.807, 2.05) is 0 Å². The third-order valence-electron chi connectivity index (χ3n) is 2.15. The average molecular weight is 314 g/mol. The summed E-state index contributed by atoms with van der Waals surface area (Å²) in [5.41, 5.74) is -0.113. The van der Waals surface area contributed by atoms with Crippen LogP contribution in [0.2, 0.25) is 0 Å². The van der Waals surface area contributed by atoms with Crippen LogP contribution < -0.4 is 5.56 Å². The molecule has 2 rings (SSSR count). The molecule has 4 nitrogen and oxygen atoms in total. The van der Waals surface area contributed by atoms with E-state index in [9.17, 15) is 9.59 Å². The number of carboxylic acids is 1. The van der Waals surface area contributed by atoms with Crippen molar-refractivity contribution in [1.82, 2.24) is 4.57 Å². The summed E-state index contributed by atoms with van der Waals surface area (Å²) in [4.78, 5) is 23.4. The van der Waals surface area contributed by atoms with Crippen LogP contribution in [0.5, 0.6) is 0 Å². The Morgan fingerprint density at radius 1 is 1.35 bits per heavy atom. The third-order valence-corrected chi connectivity index (χ3v) is 3.67. The highest BCUT2D eigenvalue weighted by atomic mass is 79.9. The predicted octanol–water partition coefficient (Wildman–Crippen LogP) is 2.42. The molecule has 6 heteroatoms. The Hall–Kier alpha value is -1.40. The van der Waals surface area contributed by atoms with Crippen molar-refractivity contribution >= 4 is 33.2 Å². The van der Waals surface area contributed by atoms with E-state index in [4.69, 9.17) is 5.11 Å². The lowest BCUT2D eigenvalue weighted by atomic mass is 10.4. The number of pyridine rings is 1. The van der Waals surface area contributed by atoms with Crippen LogP contribution >= 0.6 is 27.3 Å². The Morgan fingerprint density at radius 2 is 2.12 bits per heavy atom. The van der Waals surface area contributed by atoms with Crippen LogP contribution in [-0.2, 0) is 6.54 Å². The Labute approximate surface area is 109 Å². The molecule has 0 aliphatic heterocycles. The number of thiophene rings is 1. The van der Waals surface area contributed by atoms with Gasteiger partial charge in [0.15, 0.2) is 0 Å². The molecule has 0 aliphatic carbocycles. The number of aromatic carboxylic acids is 1. The van der Waals surface area contributed by atoms with Gasteiger partial charge in [0.05, 0.1) is 6.54 Å². The molecule has 0 fully saturated rings. The standard InChI is InChI=1S/C11H8BrNO3S/c12-7-1-4-10(14)13(5-7)6-8-2-3-9(17-8)11(15)16/h1-5H,6H2,(H,15,16). The molecular formula is C11H8BrNO3S. The molecule has 0 unspecified atom stereocenters. The minimum Gasteiger partial charge on any atom is -0.477 e. The Morgan fingerprint density at radius 3 is 2.76 bits per heavy atom. The third kappa shape index (κ3) is 2.83. The van der Waals surface area contributed by atoms with E-state index < -0.39 is 5.97 Å². The first-order valence-corrected chi connectivity index (χ1v) is 6.35. The zero-order valence-electron chi connectivity index (χ0n) is 8.59. The molecule has 0 saturated carbocycles. The van der Waals surface area contributed by atoms with Crippen LogP contribution in [0, 0.1) is 0 Å². The van der Waals surface area contributed by atoms with Crippen LogP contribution in [0.3, 0.4) is 0 Å². The van der Waals surface area contributed by atoms with Gasteiger partial charge >= 0.3 is 5.97 Å². The van der Waals surface area contributed by atoms with Crippen LogP contribution in [0.15, 0.2) is 39.7 Å². The summed E-state index contributed by atoms with van der Waals surface area (Å²) < 4.78 is 2.34. The van der Waals surface area contributed by atoms with Gasteiger partial charge in [-0.05, 0) is 34.1 Å². The van der Waals surface area contributed by atoms with Crippen molar-refractivity contribution < 1.29 is 9.90 Å². The summed E-state index contributed by atoms with van der Waals surface area (Å²) in [6.45, 7) is 0.385. The van der Waals surface area contributed by atoms with Crippen molar-refractivity contribution in [1.29, 1.82) is 0 Å². The van der Waals surface area contributed by atoms with Gasteiger partial charge in [-0.1, -0.05) is 0 Å². The van der Waals surface area contributed by atoms with Gasteiger partial charge in [0.1, 0.15) is 4.88 Å². The van der Waals surface area contributed by atoms with E-state index in [1.54, 1.807) is 24.4 Å². The highest BCUT2D eigenvalue weighted by Crippen LogP contribution is 2.17. The van der Waals surface area contributed by atoms with Crippen LogP contribution in [0.1, 0.15) is 14.5 Å². The molecule has 2 aromatic rings. The minimum atomic E-state index is -0.942. The molecule has 0 spiro atoms. The maximum absolute atomic E-state index is 11.5. The lowest BCUT2D eigenvalue weighted by molar-refractivity contribution is 0.0702. The van der Waals surface area contributed by atoms with E-state index >= 15 is 0 Å². The normalized spacial score (nSPS) is 10.4. The van der Waals surface area contributed by atoms with E-state index in [0.29, 0.717) is 6.54 Å². The summed E-state index contributed by atoms with van der Waals surface area (Å²) in [6, 6.07) is 6.42. The smallest absolute Gasteiger partial charge is 0.345 e. The summed E-state index contributed by atoms with van der Waals surface area (Å²) in [6.07, 6.45) is 1.68. The molecule has 2 heterocycles. The SMILES string of the molecule is O=C(O)c1ccc(Cn2cc(Br)ccc2=O)s1. The quantitative estimate of drug-likeness (QED) is 0.946. The molecule has 2 aromatic heterocycles. The molecule has 0 aliphatic rings. The summed E-state index contributed by atoms with van der Waals surface area (Å²) in [5.74, 6) is -0.942. The first kappa shape index (κ1) is 12.1. The van der Waals surface area contributed by atoms with E-state index in [-0.39, 0.29) is 10.4 Å². The number of rotatable bonds is 3. The highest BCUT2D eigenvalue weighted by Gasteiger charge is 2.07. The molecule has 17 heavy (non-hydrogen) atoms. The van der Waals surface area contributed by atoms with Crippen molar-refractivity contribution in [3.63, 3.8) is 0 Å². The van der Waals surface area contributed by atoms with Gasteiger partial charge in [0.25, 0.3) is 5.56 Å². The number of halogens is 1. The van der Waals surface area contributed by atoms with E-state index in [1.165, 1.54) is 22.0 Å². The van der Waals surface area contributed by atoms with Crippen LogP contribution in [0.25, 0.3) is 0 Å². The number of aromatic nitrogens is 1. The van der Waals surface area contributed by atoms with Gasteiger partial charge in [-0.15, -0.1) is 11.3 Å². The largest absolute Gasteiger partial charge is 0.477 e. The molecule has 0 radical (unpaired) electrons. The number of hydrogen-bond donors (Lipinski definition) is 1. The topological polar surface area (TPSA) is 59.3 Å². The fraction of sp³-hybridized carbons (Fsp3) is 0.0909. The molecule has 0 bridgehead atoms. The Kier molecular flexibility index (Phi) is 3.44. The second kappa shape index (κ2) is 4.85. The molecular weight excluding hydrogens is 306 g/mol. The lowest BCUT2D eigenvalue weighted by Crippen LogP contribution is -2.18. The molecule has 0 saturated heterocycles.